The van der Waals surface area contributed by atoms with Gasteiger partial charge in [-0.15, -0.1) is 0 Å². The number of halogens is 1. The average Bonchev–Trinajstić information content (AvgIpc) is 2.40. The number of nitrogens with zero attached hydrogens (tertiary/aromatic N) is 1. The number of hydrogen-bond acceptors (Lipinski definition) is 2. The Morgan fingerprint density at radius 3 is 2.89 bits per heavy atom. The van der Waals surface area contributed by atoms with Crippen LogP contribution >= 0.6 is 27.7 Å². The molecule has 0 N–H and O–H groups in total. The van der Waals surface area contributed by atoms with Crippen LogP contribution in [0.4, 0.5) is 0 Å². The Morgan fingerprint density at radius 1 is 1.33 bits per heavy atom. The van der Waals surface area contributed by atoms with Crippen LogP contribution in [0.15, 0.2) is 28.7 Å². The number of hydrogen-bond donors (Lipinski definition) is 0. The van der Waals surface area contributed by atoms with Gasteiger partial charge < -0.3 is 4.90 Å². The van der Waals surface area contributed by atoms with Crippen molar-refractivity contribution in [1.29, 1.82) is 0 Å². The van der Waals surface area contributed by atoms with E-state index < -0.39 is 0 Å². The molecule has 0 aromatic heterocycles. The summed E-state index contributed by atoms with van der Waals surface area (Å²) >= 11 is 5.65. The van der Waals surface area contributed by atoms with Crippen molar-refractivity contribution in [1.82, 2.24) is 4.90 Å². The van der Waals surface area contributed by atoms with Crippen LogP contribution in [0.3, 0.4) is 0 Å². The molecule has 0 unspecified atom stereocenters. The summed E-state index contributed by atoms with van der Waals surface area (Å²) in [5.41, 5.74) is 2.64. The molecule has 1 aromatic rings. The molecule has 0 bridgehead atoms. The van der Waals surface area contributed by atoms with Crippen molar-refractivity contribution in [3.05, 3.63) is 39.9 Å². The van der Waals surface area contributed by atoms with E-state index in [9.17, 15) is 0 Å². The summed E-state index contributed by atoms with van der Waals surface area (Å²) in [7, 11) is 0. The van der Waals surface area contributed by atoms with E-state index in [-0.39, 0.29) is 0 Å². The zero-order valence-electron chi connectivity index (χ0n) is 10.9. The van der Waals surface area contributed by atoms with Gasteiger partial charge in [0.05, 0.1) is 0 Å². The highest BCUT2D eigenvalue weighted by molar-refractivity contribution is 9.10. The molecule has 0 aliphatic carbocycles. The predicted octanol–water partition coefficient (Wildman–Crippen LogP) is 4.21. The lowest BCUT2D eigenvalue weighted by atomic mass is 10.1. The molecule has 1 fully saturated rings. The van der Waals surface area contributed by atoms with Gasteiger partial charge in [0.1, 0.15) is 0 Å². The minimum absolute atomic E-state index is 1.15. The lowest BCUT2D eigenvalue weighted by Crippen LogP contribution is -2.33. The lowest BCUT2D eigenvalue weighted by Gasteiger charge is -2.25. The van der Waals surface area contributed by atoms with E-state index in [1.165, 1.54) is 46.7 Å². The van der Waals surface area contributed by atoms with Gasteiger partial charge in [-0.25, -0.2) is 0 Å². The first-order valence-corrected chi connectivity index (χ1v) is 8.44. The summed E-state index contributed by atoms with van der Waals surface area (Å²) in [6, 6.07) is 6.37. The van der Waals surface area contributed by atoms with Crippen LogP contribution in [0.2, 0.25) is 0 Å². The van der Waals surface area contributed by atoms with Crippen LogP contribution in [0.5, 0.6) is 0 Å². The topological polar surface area (TPSA) is 3.24 Å². The molecule has 1 aromatic carbocycles. The summed E-state index contributed by atoms with van der Waals surface area (Å²) in [6.45, 7) is 5.87. The van der Waals surface area contributed by atoms with E-state index in [1.807, 2.05) is 0 Å². The molecule has 0 atom stereocenters. The molecule has 3 heteroatoms. The molecule has 18 heavy (non-hydrogen) atoms. The van der Waals surface area contributed by atoms with Crippen LogP contribution in [-0.4, -0.2) is 36.0 Å². The average molecular weight is 326 g/mol. The number of rotatable bonds is 4. The van der Waals surface area contributed by atoms with Gasteiger partial charge in [0.25, 0.3) is 0 Å². The Hall–Kier alpha value is -0.250. The van der Waals surface area contributed by atoms with Crippen molar-refractivity contribution in [3.8, 4) is 0 Å². The van der Waals surface area contributed by atoms with Crippen molar-refractivity contribution < 1.29 is 0 Å². The van der Waals surface area contributed by atoms with Crippen LogP contribution in [0.1, 0.15) is 17.5 Å². The van der Waals surface area contributed by atoms with E-state index >= 15 is 0 Å². The standard InChI is InChI=1S/C15H20BrNS/c1-13-14(6-4-7-15(13)16)5-2-3-8-17-9-11-18-12-10-17/h2,4-7H,3,8-12H2,1H3/b5-2+. The molecule has 0 spiro atoms. The largest absolute Gasteiger partial charge is 0.301 e. The Bertz CT molecular complexity index is 411. The molecule has 0 radical (unpaired) electrons. The van der Waals surface area contributed by atoms with Gasteiger partial charge >= 0.3 is 0 Å². The molecular weight excluding hydrogens is 306 g/mol. The fraction of sp³-hybridized carbons (Fsp3) is 0.467. The van der Waals surface area contributed by atoms with E-state index in [2.05, 4.69) is 69.9 Å². The fourth-order valence-corrected chi connectivity index (χ4v) is 3.46. The molecule has 0 saturated carbocycles. The normalized spacial score (nSPS) is 17.4. The van der Waals surface area contributed by atoms with Crippen molar-refractivity contribution in [2.24, 2.45) is 0 Å². The molecule has 1 nitrogen and oxygen atoms in total. The zero-order valence-corrected chi connectivity index (χ0v) is 13.3. The van der Waals surface area contributed by atoms with Gasteiger partial charge in [-0.2, -0.15) is 11.8 Å². The molecule has 1 saturated heterocycles. The maximum Gasteiger partial charge on any atom is 0.0210 e. The Balaban J connectivity index is 1.82. The Morgan fingerprint density at radius 2 is 2.11 bits per heavy atom. The Kier molecular flexibility index (Phi) is 5.80. The van der Waals surface area contributed by atoms with Gasteiger partial charge in [0, 0.05) is 35.6 Å². The third-order valence-electron chi connectivity index (χ3n) is 3.32. The van der Waals surface area contributed by atoms with E-state index in [1.54, 1.807) is 0 Å². The first-order valence-electron chi connectivity index (χ1n) is 6.49. The SMILES string of the molecule is Cc1c(Br)cccc1/C=C/CCN1CCSCC1. The van der Waals surface area contributed by atoms with E-state index in [0.29, 0.717) is 0 Å². The molecule has 98 valence electrons. The lowest BCUT2D eigenvalue weighted by molar-refractivity contribution is 0.309. The first kappa shape index (κ1) is 14.2. The van der Waals surface area contributed by atoms with E-state index in [0.717, 1.165) is 6.42 Å². The fourth-order valence-electron chi connectivity index (χ4n) is 2.10. The number of benzene rings is 1. The van der Waals surface area contributed by atoms with Gasteiger partial charge in [0.15, 0.2) is 0 Å². The minimum Gasteiger partial charge on any atom is -0.301 e. The number of thioether (sulfide) groups is 1. The maximum atomic E-state index is 3.57. The third-order valence-corrected chi connectivity index (χ3v) is 5.12. The first-order chi connectivity index (χ1) is 8.77. The van der Waals surface area contributed by atoms with Crippen LogP contribution in [0, 0.1) is 6.92 Å². The van der Waals surface area contributed by atoms with Crippen LogP contribution < -0.4 is 0 Å². The van der Waals surface area contributed by atoms with Gasteiger partial charge in [-0.05, 0) is 30.5 Å². The highest BCUT2D eigenvalue weighted by atomic mass is 79.9. The van der Waals surface area contributed by atoms with Gasteiger partial charge in [-0.1, -0.05) is 40.2 Å². The predicted molar refractivity (Wildman–Crippen MR) is 86.3 cm³/mol. The Labute approximate surface area is 123 Å². The molecule has 1 heterocycles. The second-order valence-corrected chi connectivity index (χ2v) is 6.68. The summed E-state index contributed by atoms with van der Waals surface area (Å²) in [6.07, 6.45) is 5.70. The summed E-state index contributed by atoms with van der Waals surface area (Å²) in [5, 5.41) is 0. The quantitative estimate of drug-likeness (QED) is 0.815. The van der Waals surface area contributed by atoms with Gasteiger partial charge in [-0.3, -0.25) is 0 Å². The zero-order chi connectivity index (χ0) is 12.8. The second-order valence-electron chi connectivity index (χ2n) is 4.60. The summed E-state index contributed by atoms with van der Waals surface area (Å²) < 4.78 is 1.19. The third kappa shape index (κ3) is 4.15. The molecule has 2 rings (SSSR count). The van der Waals surface area contributed by atoms with Crippen molar-refractivity contribution >= 4 is 33.8 Å². The smallest absolute Gasteiger partial charge is 0.0210 e. The van der Waals surface area contributed by atoms with Crippen molar-refractivity contribution in [2.75, 3.05) is 31.1 Å². The van der Waals surface area contributed by atoms with Crippen molar-refractivity contribution in [3.63, 3.8) is 0 Å². The van der Waals surface area contributed by atoms with Gasteiger partial charge in [0.2, 0.25) is 0 Å². The highest BCUT2D eigenvalue weighted by Crippen LogP contribution is 2.20. The minimum atomic E-state index is 1.15. The van der Waals surface area contributed by atoms with Crippen LogP contribution in [0.25, 0.3) is 6.08 Å². The summed E-state index contributed by atoms with van der Waals surface area (Å²) in [5.74, 6) is 2.60. The monoisotopic (exact) mass is 325 g/mol. The molecular formula is C15H20BrNS. The molecule has 1 aliphatic rings. The van der Waals surface area contributed by atoms with Crippen molar-refractivity contribution in [2.45, 2.75) is 13.3 Å². The highest BCUT2D eigenvalue weighted by Gasteiger charge is 2.08. The molecule has 1 aliphatic heterocycles. The maximum absolute atomic E-state index is 3.57. The van der Waals surface area contributed by atoms with Crippen LogP contribution in [-0.2, 0) is 0 Å². The van der Waals surface area contributed by atoms with E-state index in [4.69, 9.17) is 0 Å². The summed E-state index contributed by atoms with van der Waals surface area (Å²) in [4.78, 5) is 2.56. The molecule has 0 amide bonds. The second kappa shape index (κ2) is 7.37.